The van der Waals surface area contributed by atoms with Crippen LogP contribution in [0.15, 0.2) is 42.6 Å². The van der Waals surface area contributed by atoms with Crippen molar-refractivity contribution in [2.24, 2.45) is 0 Å². The molecule has 0 aliphatic rings. The first-order valence-corrected chi connectivity index (χ1v) is 5.53. The molecule has 0 atom stereocenters. The highest BCUT2D eigenvalue weighted by atomic mass is 16.5. The van der Waals surface area contributed by atoms with Crippen LogP contribution in [0.4, 0.5) is 0 Å². The molecule has 1 aromatic heterocycles. The van der Waals surface area contributed by atoms with Gasteiger partial charge in [0.05, 0.1) is 11.3 Å². The van der Waals surface area contributed by atoms with Gasteiger partial charge in [0.2, 0.25) is 0 Å². The molecule has 0 unspecified atom stereocenters. The number of aryl methyl sites for hydroxylation is 1. The number of benzene rings is 1. The molecule has 0 aliphatic heterocycles. The first kappa shape index (κ1) is 12.1. The topological polar surface area (TPSA) is 59.4 Å². The van der Waals surface area contributed by atoms with E-state index in [4.69, 9.17) is 9.84 Å². The summed E-state index contributed by atoms with van der Waals surface area (Å²) in [6.45, 7) is 2.11. The minimum atomic E-state index is -0.994. The fourth-order valence-electron chi connectivity index (χ4n) is 1.60. The zero-order chi connectivity index (χ0) is 13.0. The Morgan fingerprint density at radius 3 is 2.89 bits per heavy atom. The number of carboxylic acid groups (broad SMARTS) is 1. The van der Waals surface area contributed by atoms with Crippen molar-refractivity contribution in [3.05, 3.63) is 59.4 Å². The van der Waals surface area contributed by atoms with Crippen LogP contribution in [0.25, 0.3) is 0 Å². The second kappa shape index (κ2) is 5.31. The predicted octanol–water partition coefficient (Wildman–Crippen LogP) is 2.67. The summed E-state index contributed by atoms with van der Waals surface area (Å²) in [4.78, 5) is 15.0. The summed E-state index contributed by atoms with van der Waals surface area (Å²) >= 11 is 0. The Labute approximate surface area is 105 Å². The van der Waals surface area contributed by atoms with Gasteiger partial charge in [-0.05, 0) is 36.8 Å². The summed E-state index contributed by atoms with van der Waals surface area (Å²) in [5.74, 6) is -0.289. The molecule has 2 rings (SSSR count). The summed E-state index contributed by atoms with van der Waals surface area (Å²) in [5.41, 5.74) is 1.68. The van der Waals surface area contributed by atoms with Crippen LogP contribution in [0.2, 0.25) is 0 Å². The van der Waals surface area contributed by atoms with Crippen LogP contribution in [-0.4, -0.2) is 16.1 Å². The summed E-state index contributed by atoms with van der Waals surface area (Å²) in [6.07, 6.45) is 1.56. The van der Waals surface area contributed by atoms with E-state index in [2.05, 4.69) is 4.98 Å². The second-order valence-corrected chi connectivity index (χ2v) is 3.91. The van der Waals surface area contributed by atoms with Gasteiger partial charge < -0.3 is 9.84 Å². The smallest absolute Gasteiger partial charge is 0.337 e. The molecule has 0 fully saturated rings. The number of nitrogens with zero attached hydrogens (tertiary/aromatic N) is 1. The number of ether oxygens (including phenoxy) is 1. The van der Waals surface area contributed by atoms with Crippen molar-refractivity contribution in [2.45, 2.75) is 13.5 Å². The molecule has 18 heavy (non-hydrogen) atoms. The Bertz CT molecular complexity index is 566. The average molecular weight is 243 g/mol. The fourth-order valence-corrected chi connectivity index (χ4v) is 1.60. The number of aromatic nitrogens is 1. The summed E-state index contributed by atoms with van der Waals surface area (Å²) in [7, 11) is 0. The highest BCUT2D eigenvalue weighted by molar-refractivity contribution is 5.88. The third-order valence-corrected chi connectivity index (χ3v) is 2.49. The molecule has 0 saturated carbocycles. The zero-order valence-corrected chi connectivity index (χ0v) is 9.96. The molecule has 1 heterocycles. The third kappa shape index (κ3) is 2.85. The molecule has 4 nitrogen and oxygen atoms in total. The lowest BCUT2D eigenvalue weighted by molar-refractivity contribution is 0.0693. The van der Waals surface area contributed by atoms with Crippen molar-refractivity contribution in [3.8, 4) is 5.75 Å². The molecule has 0 aliphatic carbocycles. The van der Waals surface area contributed by atoms with Crippen LogP contribution in [0.3, 0.4) is 0 Å². The Morgan fingerprint density at radius 2 is 2.17 bits per heavy atom. The maximum atomic E-state index is 11.0. The van der Waals surface area contributed by atoms with Crippen molar-refractivity contribution >= 4 is 5.97 Å². The second-order valence-electron chi connectivity index (χ2n) is 3.91. The maximum Gasteiger partial charge on any atom is 0.337 e. The normalized spacial score (nSPS) is 10.1. The molecular weight excluding hydrogens is 230 g/mol. The first-order valence-electron chi connectivity index (χ1n) is 5.53. The zero-order valence-electron chi connectivity index (χ0n) is 9.96. The number of aromatic carboxylic acids is 1. The van der Waals surface area contributed by atoms with Crippen LogP contribution in [0.5, 0.6) is 5.75 Å². The highest BCUT2D eigenvalue weighted by Crippen LogP contribution is 2.15. The molecule has 0 radical (unpaired) electrons. The van der Waals surface area contributed by atoms with Gasteiger partial charge in [-0.2, -0.15) is 0 Å². The fraction of sp³-hybridized carbons (Fsp3) is 0.143. The van der Waals surface area contributed by atoms with E-state index in [1.54, 1.807) is 12.3 Å². The van der Waals surface area contributed by atoms with Crippen molar-refractivity contribution in [1.29, 1.82) is 0 Å². The molecule has 4 heteroatoms. The van der Waals surface area contributed by atoms with Crippen LogP contribution >= 0.6 is 0 Å². The molecule has 0 spiro atoms. The van der Waals surface area contributed by atoms with Gasteiger partial charge in [0.1, 0.15) is 12.4 Å². The number of carbonyl (C=O) groups is 1. The van der Waals surface area contributed by atoms with E-state index in [0.717, 1.165) is 5.56 Å². The number of carboxylic acids is 1. The van der Waals surface area contributed by atoms with Crippen LogP contribution in [0, 0.1) is 6.92 Å². The molecule has 0 amide bonds. The minimum absolute atomic E-state index is 0.145. The van der Waals surface area contributed by atoms with Crippen molar-refractivity contribution < 1.29 is 14.6 Å². The monoisotopic (exact) mass is 243 g/mol. The molecular formula is C14H13NO3. The maximum absolute atomic E-state index is 11.0. The van der Waals surface area contributed by atoms with Gasteiger partial charge in [0, 0.05) is 6.20 Å². The van der Waals surface area contributed by atoms with Crippen LogP contribution in [0.1, 0.15) is 21.6 Å². The van der Waals surface area contributed by atoms with Gasteiger partial charge in [0.25, 0.3) is 0 Å². The van der Waals surface area contributed by atoms with Gasteiger partial charge in [-0.15, -0.1) is 0 Å². The SMILES string of the molecule is Cc1cccc(OCc2ncccc2C(=O)O)c1. The van der Waals surface area contributed by atoms with E-state index < -0.39 is 5.97 Å². The van der Waals surface area contributed by atoms with Crippen LogP contribution in [-0.2, 0) is 6.61 Å². The third-order valence-electron chi connectivity index (χ3n) is 2.49. The van der Waals surface area contributed by atoms with Crippen molar-refractivity contribution in [1.82, 2.24) is 4.98 Å². The van der Waals surface area contributed by atoms with Crippen LogP contribution < -0.4 is 4.74 Å². The highest BCUT2D eigenvalue weighted by Gasteiger charge is 2.10. The standard InChI is InChI=1S/C14H13NO3/c1-10-4-2-5-11(8-10)18-9-13-12(14(16)17)6-3-7-15-13/h2-8H,9H2,1H3,(H,16,17). The van der Waals surface area contributed by atoms with E-state index in [-0.39, 0.29) is 12.2 Å². The largest absolute Gasteiger partial charge is 0.487 e. The Balaban J connectivity index is 2.13. The lowest BCUT2D eigenvalue weighted by Crippen LogP contribution is -2.07. The Hall–Kier alpha value is -2.36. The molecule has 92 valence electrons. The first-order chi connectivity index (χ1) is 8.66. The minimum Gasteiger partial charge on any atom is -0.487 e. The van der Waals surface area contributed by atoms with E-state index in [1.165, 1.54) is 6.07 Å². The molecule has 1 aromatic carbocycles. The van der Waals surface area contributed by atoms with E-state index in [9.17, 15) is 4.79 Å². The van der Waals surface area contributed by atoms with E-state index in [1.807, 2.05) is 31.2 Å². The van der Waals surface area contributed by atoms with Crippen molar-refractivity contribution in [3.63, 3.8) is 0 Å². The lowest BCUT2D eigenvalue weighted by atomic mass is 10.2. The number of hydrogen-bond acceptors (Lipinski definition) is 3. The lowest BCUT2D eigenvalue weighted by Gasteiger charge is -2.08. The van der Waals surface area contributed by atoms with Gasteiger partial charge in [-0.25, -0.2) is 4.79 Å². The summed E-state index contributed by atoms with van der Waals surface area (Å²) in [6, 6.07) is 10.7. The van der Waals surface area contributed by atoms with Crippen molar-refractivity contribution in [2.75, 3.05) is 0 Å². The Kier molecular flexibility index (Phi) is 3.57. The Morgan fingerprint density at radius 1 is 1.33 bits per heavy atom. The number of rotatable bonds is 4. The van der Waals surface area contributed by atoms with Gasteiger partial charge in [0.15, 0.2) is 0 Å². The van der Waals surface area contributed by atoms with Gasteiger partial charge >= 0.3 is 5.97 Å². The molecule has 0 bridgehead atoms. The summed E-state index contributed by atoms with van der Waals surface area (Å²) in [5, 5.41) is 9.01. The predicted molar refractivity (Wildman–Crippen MR) is 66.7 cm³/mol. The summed E-state index contributed by atoms with van der Waals surface area (Å²) < 4.78 is 5.54. The van der Waals surface area contributed by atoms with E-state index >= 15 is 0 Å². The molecule has 2 aromatic rings. The quantitative estimate of drug-likeness (QED) is 0.896. The average Bonchev–Trinajstić information content (AvgIpc) is 2.37. The van der Waals surface area contributed by atoms with Gasteiger partial charge in [-0.3, -0.25) is 4.98 Å². The number of pyridine rings is 1. The van der Waals surface area contributed by atoms with Gasteiger partial charge in [-0.1, -0.05) is 12.1 Å². The molecule has 0 saturated heterocycles. The number of hydrogen-bond donors (Lipinski definition) is 1. The molecule has 1 N–H and O–H groups in total. The van der Waals surface area contributed by atoms with E-state index in [0.29, 0.717) is 11.4 Å².